The highest BCUT2D eigenvalue weighted by atomic mass is 35.5. The molecule has 0 saturated carbocycles. The van der Waals surface area contributed by atoms with E-state index < -0.39 is 11.6 Å². The highest BCUT2D eigenvalue weighted by Gasteiger charge is 2.29. The number of methoxy groups -OCH3 is 1. The van der Waals surface area contributed by atoms with E-state index in [0.717, 1.165) is 12.8 Å². The van der Waals surface area contributed by atoms with Crippen LogP contribution in [0.2, 0.25) is 10.0 Å². The van der Waals surface area contributed by atoms with Gasteiger partial charge in [-0.05, 0) is 58.6 Å². The van der Waals surface area contributed by atoms with Crippen molar-refractivity contribution >= 4 is 41.0 Å². The highest BCUT2D eigenvalue weighted by molar-refractivity contribution is 6.38. The van der Waals surface area contributed by atoms with Gasteiger partial charge in [-0.15, -0.1) is 0 Å². The van der Waals surface area contributed by atoms with Crippen molar-refractivity contribution in [3.05, 3.63) is 27.7 Å². The van der Waals surface area contributed by atoms with Gasteiger partial charge in [-0.25, -0.2) is 9.59 Å². The van der Waals surface area contributed by atoms with Crippen LogP contribution in [0.5, 0.6) is 0 Å². The van der Waals surface area contributed by atoms with Crippen LogP contribution in [0.1, 0.15) is 50.9 Å². The summed E-state index contributed by atoms with van der Waals surface area (Å²) in [5.41, 5.74) is 0.405. The Morgan fingerprint density at radius 2 is 1.79 bits per heavy atom. The minimum Gasteiger partial charge on any atom is -0.465 e. The van der Waals surface area contributed by atoms with E-state index in [9.17, 15) is 9.59 Å². The number of carbonyl (C=O) groups is 2. The number of nitrogens with one attached hydrogen (secondary N) is 1. The standard InChI is InChI=1S/C20H28Cl2N2O4/c1-12(13-6-8-24(9-7-13)19(26)28-20(2,3)4)23-17-10-14(18(25)27-5)15(21)11-16(17)22/h10-13,23H,6-9H2,1-5H3. The molecule has 8 heteroatoms. The van der Waals surface area contributed by atoms with Crippen molar-refractivity contribution in [1.29, 1.82) is 0 Å². The molecule has 1 heterocycles. The topological polar surface area (TPSA) is 67.9 Å². The zero-order valence-electron chi connectivity index (χ0n) is 17.0. The number of piperidine rings is 1. The number of hydrogen-bond acceptors (Lipinski definition) is 5. The summed E-state index contributed by atoms with van der Waals surface area (Å²) in [6.07, 6.45) is 1.43. The van der Waals surface area contributed by atoms with Crippen LogP contribution in [0, 0.1) is 5.92 Å². The van der Waals surface area contributed by atoms with E-state index in [1.165, 1.54) is 13.2 Å². The number of likely N-dealkylation sites (tertiary alicyclic amines) is 1. The molecule has 1 unspecified atom stereocenters. The number of esters is 1. The molecule has 1 aliphatic heterocycles. The van der Waals surface area contributed by atoms with E-state index in [4.69, 9.17) is 32.7 Å². The van der Waals surface area contributed by atoms with Crippen LogP contribution in [-0.4, -0.2) is 48.8 Å². The molecule has 0 bridgehead atoms. The Kier molecular flexibility index (Phi) is 7.46. The molecule has 0 radical (unpaired) electrons. The van der Waals surface area contributed by atoms with E-state index in [2.05, 4.69) is 12.2 Å². The Balaban J connectivity index is 1.99. The van der Waals surface area contributed by atoms with Gasteiger partial charge in [0.05, 0.1) is 28.4 Å². The third-order valence-electron chi connectivity index (χ3n) is 4.74. The molecule has 1 aliphatic rings. The lowest BCUT2D eigenvalue weighted by Crippen LogP contribution is -2.44. The van der Waals surface area contributed by atoms with Crippen molar-refractivity contribution in [1.82, 2.24) is 4.90 Å². The number of nitrogens with zero attached hydrogens (tertiary/aromatic N) is 1. The van der Waals surface area contributed by atoms with Gasteiger partial charge >= 0.3 is 12.1 Å². The summed E-state index contributed by atoms with van der Waals surface area (Å²) < 4.78 is 10.2. The zero-order chi connectivity index (χ0) is 21.1. The van der Waals surface area contributed by atoms with Crippen molar-refractivity contribution in [2.24, 2.45) is 5.92 Å². The summed E-state index contributed by atoms with van der Waals surface area (Å²) in [6, 6.07) is 3.25. The number of amides is 1. The van der Waals surface area contributed by atoms with E-state index in [0.29, 0.717) is 29.7 Å². The van der Waals surface area contributed by atoms with Gasteiger partial charge < -0.3 is 19.7 Å². The fourth-order valence-corrected chi connectivity index (χ4v) is 3.71. The Bertz CT molecular complexity index is 726. The maximum Gasteiger partial charge on any atom is 0.410 e. The van der Waals surface area contributed by atoms with E-state index in [-0.39, 0.29) is 22.7 Å². The van der Waals surface area contributed by atoms with Gasteiger partial charge in [-0.2, -0.15) is 0 Å². The van der Waals surface area contributed by atoms with Gasteiger partial charge in [0, 0.05) is 19.1 Å². The van der Waals surface area contributed by atoms with Gasteiger partial charge in [-0.1, -0.05) is 23.2 Å². The molecule has 1 fully saturated rings. The first-order chi connectivity index (χ1) is 13.0. The Morgan fingerprint density at radius 3 is 2.32 bits per heavy atom. The van der Waals surface area contributed by atoms with Crippen molar-refractivity contribution < 1.29 is 19.1 Å². The summed E-state index contributed by atoms with van der Waals surface area (Å²) >= 11 is 12.4. The summed E-state index contributed by atoms with van der Waals surface area (Å²) in [5, 5.41) is 4.07. The summed E-state index contributed by atoms with van der Waals surface area (Å²) in [6.45, 7) is 8.95. The highest BCUT2D eigenvalue weighted by Crippen LogP contribution is 2.32. The normalized spacial score (nSPS) is 16.5. The predicted molar refractivity (Wildman–Crippen MR) is 111 cm³/mol. The lowest BCUT2D eigenvalue weighted by atomic mass is 9.90. The fraction of sp³-hybridized carbons (Fsp3) is 0.600. The van der Waals surface area contributed by atoms with Gasteiger partial charge in [0.2, 0.25) is 0 Å². The Hall–Kier alpha value is -1.66. The molecule has 1 atom stereocenters. The molecule has 0 aliphatic carbocycles. The van der Waals surface area contributed by atoms with Gasteiger partial charge in [0.15, 0.2) is 0 Å². The Morgan fingerprint density at radius 1 is 1.18 bits per heavy atom. The summed E-state index contributed by atoms with van der Waals surface area (Å²) in [7, 11) is 1.31. The number of rotatable bonds is 4. The van der Waals surface area contributed by atoms with Crippen LogP contribution in [0.25, 0.3) is 0 Å². The van der Waals surface area contributed by atoms with Gasteiger partial charge in [-0.3, -0.25) is 0 Å². The minimum absolute atomic E-state index is 0.102. The zero-order valence-corrected chi connectivity index (χ0v) is 18.5. The van der Waals surface area contributed by atoms with Crippen LogP contribution in [-0.2, 0) is 9.47 Å². The van der Waals surface area contributed by atoms with Gasteiger partial charge in [0.1, 0.15) is 5.60 Å². The third-order valence-corrected chi connectivity index (χ3v) is 5.37. The second-order valence-electron chi connectivity index (χ2n) is 8.04. The molecular formula is C20H28Cl2N2O4. The number of carbonyl (C=O) groups excluding carboxylic acids is 2. The van der Waals surface area contributed by atoms with Crippen molar-refractivity contribution in [3.8, 4) is 0 Å². The van der Waals surface area contributed by atoms with Crippen molar-refractivity contribution in [3.63, 3.8) is 0 Å². The maximum absolute atomic E-state index is 12.2. The average Bonchev–Trinajstić information content (AvgIpc) is 2.62. The number of benzene rings is 1. The van der Waals surface area contributed by atoms with E-state index in [1.807, 2.05) is 20.8 Å². The monoisotopic (exact) mass is 430 g/mol. The number of ether oxygens (including phenoxy) is 2. The molecule has 2 rings (SSSR count). The SMILES string of the molecule is COC(=O)c1cc(NC(C)C2CCN(C(=O)OC(C)(C)C)CC2)c(Cl)cc1Cl. The van der Waals surface area contributed by atoms with E-state index >= 15 is 0 Å². The van der Waals surface area contributed by atoms with Crippen LogP contribution >= 0.6 is 23.2 Å². The second-order valence-corrected chi connectivity index (χ2v) is 8.86. The molecule has 28 heavy (non-hydrogen) atoms. The quantitative estimate of drug-likeness (QED) is 0.662. The summed E-state index contributed by atoms with van der Waals surface area (Å²) in [5.74, 6) is -0.157. The van der Waals surface area contributed by atoms with Crippen LogP contribution in [0.4, 0.5) is 10.5 Å². The number of anilines is 1. The number of halogens is 2. The number of hydrogen-bond donors (Lipinski definition) is 1. The summed E-state index contributed by atoms with van der Waals surface area (Å²) in [4.78, 5) is 25.8. The Labute approximate surface area is 176 Å². The van der Waals surface area contributed by atoms with Gasteiger partial charge in [0.25, 0.3) is 0 Å². The second kappa shape index (κ2) is 9.23. The first-order valence-electron chi connectivity index (χ1n) is 9.33. The average molecular weight is 431 g/mol. The molecule has 0 aromatic heterocycles. The molecule has 156 valence electrons. The first-order valence-corrected chi connectivity index (χ1v) is 10.1. The van der Waals surface area contributed by atoms with Crippen molar-refractivity contribution in [2.45, 2.75) is 52.2 Å². The maximum atomic E-state index is 12.2. The molecule has 0 spiro atoms. The third kappa shape index (κ3) is 5.92. The fourth-order valence-electron chi connectivity index (χ4n) is 3.20. The van der Waals surface area contributed by atoms with Crippen LogP contribution in [0.15, 0.2) is 12.1 Å². The van der Waals surface area contributed by atoms with Crippen LogP contribution in [0.3, 0.4) is 0 Å². The smallest absolute Gasteiger partial charge is 0.410 e. The molecular weight excluding hydrogens is 403 g/mol. The van der Waals surface area contributed by atoms with Crippen LogP contribution < -0.4 is 5.32 Å². The largest absolute Gasteiger partial charge is 0.465 e. The lowest BCUT2D eigenvalue weighted by molar-refractivity contribution is 0.0179. The molecule has 1 amide bonds. The predicted octanol–water partition coefficient (Wildman–Crippen LogP) is 5.23. The lowest BCUT2D eigenvalue weighted by Gasteiger charge is -2.36. The molecule has 1 aromatic carbocycles. The molecule has 1 N–H and O–H groups in total. The minimum atomic E-state index is -0.511. The molecule has 1 saturated heterocycles. The molecule has 6 nitrogen and oxygen atoms in total. The molecule has 1 aromatic rings. The first kappa shape index (κ1) is 22.6. The van der Waals surface area contributed by atoms with E-state index in [1.54, 1.807) is 11.0 Å². The van der Waals surface area contributed by atoms with Crippen molar-refractivity contribution in [2.75, 3.05) is 25.5 Å².